The molecule has 0 atom stereocenters. The molecule has 1 amide bonds. The molecule has 0 aliphatic carbocycles. The topological polar surface area (TPSA) is 75.3 Å². The molecule has 156 valence electrons. The fraction of sp³-hybridized carbons (Fsp3) is 0.208. The number of thiophene rings is 1. The molecular weight excluding hydrogens is 406 g/mol. The first-order valence-corrected chi connectivity index (χ1v) is 11.1. The Labute approximate surface area is 185 Å². The maximum Gasteiger partial charge on any atom is 0.248 e. The van der Waals surface area contributed by atoms with Crippen LogP contribution in [0.4, 0.5) is 11.5 Å². The van der Waals surface area contributed by atoms with Crippen molar-refractivity contribution in [3.63, 3.8) is 0 Å². The predicted molar refractivity (Wildman–Crippen MR) is 127 cm³/mol. The second-order valence-corrected chi connectivity index (χ2v) is 8.71. The summed E-state index contributed by atoms with van der Waals surface area (Å²) in [7, 11) is 0. The van der Waals surface area contributed by atoms with Gasteiger partial charge in [0, 0.05) is 42.3 Å². The summed E-state index contributed by atoms with van der Waals surface area (Å²) in [6, 6.07) is 20.2. The van der Waals surface area contributed by atoms with Gasteiger partial charge in [0.25, 0.3) is 0 Å². The van der Waals surface area contributed by atoms with Crippen LogP contribution in [0.15, 0.2) is 60.7 Å². The molecule has 0 radical (unpaired) electrons. The lowest BCUT2D eigenvalue weighted by Crippen LogP contribution is -2.47. The van der Waals surface area contributed by atoms with E-state index in [-0.39, 0.29) is 0 Å². The molecule has 2 aromatic heterocycles. The Morgan fingerprint density at radius 1 is 0.935 bits per heavy atom. The van der Waals surface area contributed by atoms with Crippen molar-refractivity contribution < 1.29 is 4.79 Å². The van der Waals surface area contributed by atoms with Crippen molar-refractivity contribution in [1.29, 1.82) is 0 Å². The van der Waals surface area contributed by atoms with Gasteiger partial charge in [-0.15, -0.1) is 11.3 Å². The van der Waals surface area contributed by atoms with Crippen LogP contribution in [0.3, 0.4) is 0 Å². The fourth-order valence-corrected chi connectivity index (χ4v) is 5.09. The summed E-state index contributed by atoms with van der Waals surface area (Å²) in [5, 5.41) is 1.12. The highest BCUT2D eigenvalue weighted by Gasteiger charge is 2.22. The molecule has 4 aromatic rings. The average molecular weight is 430 g/mol. The summed E-state index contributed by atoms with van der Waals surface area (Å²) in [6.07, 6.45) is 0. The minimum Gasteiger partial charge on any atom is -0.368 e. The summed E-state index contributed by atoms with van der Waals surface area (Å²) >= 11 is 1.72. The molecule has 0 unspecified atom stereocenters. The Morgan fingerprint density at radius 3 is 2.29 bits per heavy atom. The first-order valence-electron chi connectivity index (χ1n) is 10.3. The van der Waals surface area contributed by atoms with Gasteiger partial charge in [-0.2, -0.15) is 0 Å². The van der Waals surface area contributed by atoms with Gasteiger partial charge in [0.15, 0.2) is 0 Å². The number of rotatable bonds is 4. The molecule has 5 rings (SSSR count). The highest BCUT2D eigenvalue weighted by atomic mass is 32.1. The van der Waals surface area contributed by atoms with Crippen LogP contribution in [0.2, 0.25) is 0 Å². The molecule has 3 heterocycles. The van der Waals surface area contributed by atoms with E-state index in [1.807, 2.05) is 25.1 Å². The summed E-state index contributed by atoms with van der Waals surface area (Å²) < 4.78 is 0. The number of aromatic nitrogens is 2. The van der Waals surface area contributed by atoms with Gasteiger partial charge in [-0.25, -0.2) is 9.97 Å². The average Bonchev–Trinajstić information content (AvgIpc) is 3.23. The second-order valence-electron chi connectivity index (χ2n) is 7.68. The van der Waals surface area contributed by atoms with Crippen molar-refractivity contribution >= 4 is 39.0 Å². The van der Waals surface area contributed by atoms with Crippen molar-refractivity contribution in [1.82, 2.24) is 9.97 Å². The molecule has 0 bridgehead atoms. The van der Waals surface area contributed by atoms with E-state index in [0.29, 0.717) is 5.56 Å². The standard InChI is InChI=1S/C24H23N5OS/c1-16-26-23(20-15-21(31-24(20)27-16)17-5-3-2-4-6-17)29-13-11-28(12-14-29)19-9-7-18(8-10-19)22(25)30/h2-10,15H,11-14H2,1H3,(H2,25,30). The van der Waals surface area contributed by atoms with Gasteiger partial charge < -0.3 is 15.5 Å². The Morgan fingerprint density at radius 2 is 1.61 bits per heavy atom. The largest absolute Gasteiger partial charge is 0.368 e. The fourth-order valence-electron chi connectivity index (χ4n) is 4.01. The van der Waals surface area contributed by atoms with Crippen LogP contribution < -0.4 is 15.5 Å². The highest BCUT2D eigenvalue weighted by Crippen LogP contribution is 2.37. The minimum atomic E-state index is -0.398. The van der Waals surface area contributed by atoms with Gasteiger partial charge in [-0.3, -0.25) is 4.79 Å². The number of fused-ring (bicyclic) bond motifs is 1. The third-order valence-corrected chi connectivity index (χ3v) is 6.72. The molecule has 1 saturated heterocycles. The summed E-state index contributed by atoms with van der Waals surface area (Å²) in [5.74, 6) is 1.42. The number of benzene rings is 2. The van der Waals surface area contributed by atoms with Crippen LogP contribution in [0.5, 0.6) is 0 Å². The van der Waals surface area contributed by atoms with Gasteiger partial charge in [-0.1, -0.05) is 30.3 Å². The second kappa shape index (κ2) is 8.00. The molecule has 2 aromatic carbocycles. The van der Waals surface area contributed by atoms with Crippen molar-refractivity contribution in [3.8, 4) is 10.4 Å². The van der Waals surface area contributed by atoms with Gasteiger partial charge in [0.1, 0.15) is 16.5 Å². The molecule has 31 heavy (non-hydrogen) atoms. The summed E-state index contributed by atoms with van der Waals surface area (Å²) in [6.45, 7) is 5.48. The first kappa shape index (κ1) is 19.5. The Hall–Kier alpha value is -3.45. The van der Waals surface area contributed by atoms with Crippen LogP contribution in [0.1, 0.15) is 16.2 Å². The number of nitrogens with zero attached hydrogens (tertiary/aromatic N) is 4. The van der Waals surface area contributed by atoms with E-state index in [9.17, 15) is 4.79 Å². The highest BCUT2D eigenvalue weighted by molar-refractivity contribution is 7.21. The number of carbonyl (C=O) groups excluding carboxylic acids is 1. The normalized spacial score (nSPS) is 14.2. The van der Waals surface area contributed by atoms with Crippen molar-refractivity contribution in [2.45, 2.75) is 6.92 Å². The van der Waals surface area contributed by atoms with E-state index in [4.69, 9.17) is 15.7 Å². The minimum absolute atomic E-state index is 0.398. The van der Waals surface area contributed by atoms with Crippen molar-refractivity contribution in [3.05, 3.63) is 72.1 Å². The van der Waals surface area contributed by atoms with Gasteiger partial charge in [-0.05, 0) is 42.8 Å². The molecule has 0 saturated carbocycles. The number of piperazine rings is 1. The lowest BCUT2D eigenvalue weighted by atomic mass is 10.1. The molecule has 1 fully saturated rings. The quantitative estimate of drug-likeness (QED) is 0.529. The van der Waals surface area contributed by atoms with Crippen LogP contribution in [-0.2, 0) is 0 Å². The third kappa shape index (κ3) is 3.84. The predicted octanol–water partition coefficient (Wildman–Crippen LogP) is 4.09. The van der Waals surface area contributed by atoms with E-state index >= 15 is 0 Å². The molecule has 0 spiro atoms. The number of amides is 1. The van der Waals surface area contributed by atoms with Gasteiger partial charge in [0.2, 0.25) is 5.91 Å². The van der Waals surface area contributed by atoms with E-state index in [1.54, 1.807) is 23.5 Å². The van der Waals surface area contributed by atoms with Crippen LogP contribution in [-0.4, -0.2) is 42.1 Å². The maximum absolute atomic E-state index is 11.3. The maximum atomic E-state index is 11.3. The van der Waals surface area contributed by atoms with E-state index in [0.717, 1.165) is 53.7 Å². The SMILES string of the molecule is Cc1nc(N2CCN(c3ccc(C(N)=O)cc3)CC2)c2cc(-c3ccccc3)sc2n1. The molecule has 1 aliphatic heterocycles. The number of anilines is 2. The Bertz CT molecular complexity index is 1230. The third-order valence-electron chi connectivity index (χ3n) is 5.64. The molecule has 2 N–H and O–H groups in total. The van der Waals surface area contributed by atoms with E-state index in [2.05, 4.69) is 40.1 Å². The number of hydrogen-bond donors (Lipinski definition) is 1. The molecular formula is C24H23N5OS. The van der Waals surface area contributed by atoms with E-state index < -0.39 is 5.91 Å². The van der Waals surface area contributed by atoms with Crippen LogP contribution in [0.25, 0.3) is 20.7 Å². The summed E-state index contributed by atoms with van der Waals surface area (Å²) in [4.78, 5) is 27.7. The molecule has 1 aliphatic rings. The van der Waals surface area contributed by atoms with Gasteiger partial charge in [0.05, 0.1) is 5.39 Å². The first-order chi connectivity index (χ1) is 15.1. The zero-order valence-corrected chi connectivity index (χ0v) is 18.1. The monoisotopic (exact) mass is 429 g/mol. The van der Waals surface area contributed by atoms with Gasteiger partial charge >= 0.3 is 0 Å². The smallest absolute Gasteiger partial charge is 0.248 e. The zero-order chi connectivity index (χ0) is 21.4. The van der Waals surface area contributed by atoms with E-state index in [1.165, 1.54) is 10.4 Å². The zero-order valence-electron chi connectivity index (χ0n) is 17.3. The van der Waals surface area contributed by atoms with Crippen LogP contribution >= 0.6 is 11.3 Å². The summed E-state index contributed by atoms with van der Waals surface area (Å²) in [5.41, 5.74) is 8.20. The number of primary amides is 1. The molecule has 7 heteroatoms. The number of aryl methyl sites for hydroxylation is 1. The number of carbonyl (C=O) groups is 1. The Balaban J connectivity index is 1.39. The lowest BCUT2D eigenvalue weighted by molar-refractivity contribution is 0.100. The number of nitrogens with two attached hydrogens (primary N) is 1. The Kier molecular flexibility index (Phi) is 5.03. The van der Waals surface area contributed by atoms with Crippen LogP contribution in [0, 0.1) is 6.92 Å². The number of hydrogen-bond acceptors (Lipinski definition) is 6. The lowest BCUT2D eigenvalue weighted by Gasteiger charge is -2.37. The van der Waals surface area contributed by atoms with Crippen molar-refractivity contribution in [2.75, 3.05) is 36.0 Å². The van der Waals surface area contributed by atoms with Crippen molar-refractivity contribution in [2.24, 2.45) is 5.73 Å². The molecule has 6 nitrogen and oxygen atoms in total.